The van der Waals surface area contributed by atoms with E-state index in [1.54, 1.807) is 6.08 Å². The van der Waals surface area contributed by atoms with E-state index in [4.69, 9.17) is 0 Å². The highest BCUT2D eigenvalue weighted by Crippen LogP contribution is 2.17. The molecule has 11 heavy (non-hydrogen) atoms. The van der Waals surface area contributed by atoms with Gasteiger partial charge in [-0.3, -0.25) is 4.79 Å². The summed E-state index contributed by atoms with van der Waals surface area (Å²) in [5.74, 6) is 0.00810. The molecule has 0 radical (unpaired) electrons. The molecule has 0 aromatic carbocycles. The van der Waals surface area contributed by atoms with Crippen LogP contribution in [0.25, 0.3) is 0 Å². The summed E-state index contributed by atoms with van der Waals surface area (Å²) < 4.78 is 0. The number of rotatable bonds is 2. The van der Waals surface area contributed by atoms with Gasteiger partial charge in [-0.05, 0) is 18.9 Å². The standard InChI is InChI=1S/C9H13NO/c1-3-9(11)7-8-5-4-6-10(8)2/h3,7H,1,4-6H2,2H3/b8-7+. The zero-order valence-electron chi connectivity index (χ0n) is 6.84. The highest BCUT2D eigenvalue weighted by molar-refractivity contribution is 5.99. The van der Waals surface area contributed by atoms with Crippen molar-refractivity contribution < 1.29 is 4.79 Å². The van der Waals surface area contributed by atoms with E-state index in [9.17, 15) is 4.79 Å². The van der Waals surface area contributed by atoms with Crippen molar-refractivity contribution in [2.24, 2.45) is 0 Å². The average molecular weight is 151 g/mol. The minimum Gasteiger partial charge on any atom is -0.378 e. The van der Waals surface area contributed by atoms with Gasteiger partial charge >= 0.3 is 0 Å². The van der Waals surface area contributed by atoms with Crippen LogP contribution in [0.2, 0.25) is 0 Å². The third-order valence-electron chi connectivity index (χ3n) is 1.93. The summed E-state index contributed by atoms with van der Waals surface area (Å²) in [4.78, 5) is 13.0. The first kappa shape index (κ1) is 8.05. The molecule has 1 fully saturated rings. The first-order valence-electron chi connectivity index (χ1n) is 3.82. The van der Waals surface area contributed by atoms with Crippen LogP contribution in [0.3, 0.4) is 0 Å². The van der Waals surface area contributed by atoms with Crippen LogP contribution in [0.15, 0.2) is 24.4 Å². The molecule has 0 N–H and O–H groups in total. The lowest BCUT2D eigenvalue weighted by atomic mass is 10.2. The number of carbonyl (C=O) groups is 1. The van der Waals surface area contributed by atoms with Crippen molar-refractivity contribution in [3.63, 3.8) is 0 Å². The molecule has 1 heterocycles. The van der Waals surface area contributed by atoms with E-state index in [-0.39, 0.29) is 5.78 Å². The molecule has 0 atom stereocenters. The predicted molar refractivity (Wildman–Crippen MR) is 45.2 cm³/mol. The van der Waals surface area contributed by atoms with Gasteiger partial charge in [-0.2, -0.15) is 0 Å². The molecule has 0 amide bonds. The van der Waals surface area contributed by atoms with Crippen molar-refractivity contribution in [3.05, 3.63) is 24.4 Å². The van der Waals surface area contributed by atoms with Crippen LogP contribution in [-0.2, 0) is 4.79 Å². The molecule has 1 aliphatic heterocycles. The molecule has 60 valence electrons. The molecule has 0 aromatic rings. The maximum absolute atomic E-state index is 10.9. The Kier molecular flexibility index (Phi) is 2.47. The van der Waals surface area contributed by atoms with Crippen molar-refractivity contribution in [2.75, 3.05) is 13.6 Å². The first-order valence-corrected chi connectivity index (χ1v) is 3.82. The second-order valence-electron chi connectivity index (χ2n) is 2.77. The molecule has 0 saturated carbocycles. The van der Waals surface area contributed by atoms with Crippen molar-refractivity contribution in [2.45, 2.75) is 12.8 Å². The molecule has 2 heteroatoms. The predicted octanol–water partition coefficient (Wildman–Crippen LogP) is 1.35. The molecule has 0 bridgehead atoms. The zero-order chi connectivity index (χ0) is 8.27. The topological polar surface area (TPSA) is 20.3 Å². The Morgan fingerprint density at radius 2 is 2.45 bits per heavy atom. The maximum atomic E-state index is 10.9. The summed E-state index contributed by atoms with van der Waals surface area (Å²) in [6.45, 7) is 4.48. The minimum atomic E-state index is 0.00810. The van der Waals surface area contributed by atoms with Gasteiger partial charge in [-0.1, -0.05) is 6.58 Å². The van der Waals surface area contributed by atoms with E-state index in [1.165, 1.54) is 6.08 Å². The molecule has 1 rings (SSSR count). The summed E-state index contributed by atoms with van der Waals surface area (Å²) in [6, 6.07) is 0. The minimum absolute atomic E-state index is 0.00810. The van der Waals surface area contributed by atoms with E-state index in [1.807, 2.05) is 7.05 Å². The molecule has 2 nitrogen and oxygen atoms in total. The van der Waals surface area contributed by atoms with Crippen LogP contribution in [-0.4, -0.2) is 24.3 Å². The van der Waals surface area contributed by atoms with E-state index in [2.05, 4.69) is 11.5 Å². The summed E-state index contributed by atoms with van der Waals surface area (Å²) in [5.41, 5.74) is 1.13. The quantitative estimate of drug-likeness (QED) is 0.555. The molecule has 1 aliphatic rings. The van der Waals surface area contributed by atoms with Crippen LogP contribution in [0.5, 0.6) is 0 Å². The second kappa shape index (κ2) is 3.37. The molecular weight excluding hydrogens is 138 g/mol. The fraction of sp³-hybridized carbons (Fsp3) is 0.444. The molecule has 0 unspecified atom stereocenters. The monoisotopic (exact) mass is 151 g/mol. The summed E-state index contributed by atoms with van der Waals surface area (Å²) >= 11 is 0. The highest BCUT2D eigenvalue weighted by atomic mass is 16.1. The molecule has 1 saturated heterocycles. The number of likely N-dealkylation sites (tertiary alicyclic amines) is 1. The first-order chi connectivity index (χ1) is 5.24. The molecule has 0 spiro atoms. The van der Waals surface area contributed by atoms with Crippen LogP contribution in [0.4, 0.5) is 0 Å². The van der Waals surface area contributed by atoms with Crippen LogP contribution >= 0.6 is 0 Å². The smallest absolute Gasteiger partial charge is 0.179 e. The fourth-order valence-electron chi connectivity index (χ4n) is 1.24. The Hall–Kier alpha value is -1.05. The Bertz CT molecular complexity index is 206. The van der Waals surface area contributed by atoms with Crippen molar-refractivity contribution in [1.82, 2.24) is 4.90 Å². The lowest BCUT2D eigenvalue weighted by Crippen LogP contribution is -2.10. The Morgan fingerprint density at radius 3 is 2.91 bits per heavy atom. The van der Waals surface area contributed by atoms with Crippen LogP contribution < -0.4 is 0 Å². The van der Waals surface area contributed by atoms with Crippen molar-refractivity contribution >= 4 is 5.78 Å². The van der Waals surface area contributed by atoms with Gasteiger partial charge in [0.15, 0.2) is 5.78 Å². The number of hydrogen-bond acceptors (Lipinski definition) is 2. The highest BCUT2D eigenvalue weighted by Gasteiger charge is 2.12. The summed E-state index contributed by atoms with van der Waals surface area (Å²) in [6.07, 6.45) is 5.20. The van der Waals surface area contributed by atoms with Gasteiger partial charge in [0.1, 0.15) is 0 Å². The second-order valence-corrected chi connectivity index (χ2v) is 2.77. The SMILES string of the molecule is C=CC(=O)/C=C1\CCCN1C. The maximum Gasteiger partial charge on any atom is 0.179 e. The van der Waals surface area contributed by atoms with Crippen molar-refractivity contribution in [3.8, 4) is 0 Å². The van der Waals surface area contributed by atoms with Gasteiger partial charge in [-0.25, -0.2) is 0 Å². The van der Waals surface area contributed by atoms with Gasteiger partial charge in [0.05, 0.1) is 0 Å². The van der Waals surface area contributed by atoms with Gasteiger partial charge in [0.25, 0.3) is 0 Å². The van der Waals surface area contributed by atoms with Crippen molar-refractivity contribution in [1.29, 1.82) is 0 Å². The largest absolute Gasteiger partial charge is 0.378 e. The van der Waals surface area contributed by atoms with Gasteiger partial charge in [0.2, 0.25) is 0 Å². The number of nitrogens with zero attached hydrogens (tertiary/aromatic N) is 1. The van der Waals surface area contributed by atoms with E-state index in [0.29, 0.717) is 0 Å². The van der Waals surface area contributed by atoms with Crippen LogP contribution in [0.1, 0.15) is 12.8 Å². The summed E-state index contributed by atoms with van der Waals surface area (Å²) in [5, 5.41) is 0. The van der Waals surface area contributed by atoms with Gasteiger partial charge in [-0.15, -0.1) is 0 Å². The molecule has 0 aliphatic carbocycles. The lowest BCUT2D eigenvalue weighted by molar-refractivity contribution is -0.110. The Morgan fingerprint density at radius 1 is 1.73 bits per heavy atom. The third kappa shape index (κ3) is 1.93. The number of ketones is 1. The fourth-order valence-corrected chi connectivity index (χ4v) is 1.24. The van der Waals surface area contributed by atoms with E-state index < -0.39 is 0 Å². The number of allylic oxidation sites excluding steroid dienone is 3. The third-order valence-corrected chi connectivity index (χ3v) is 1.93. The Labute approximate surface area is 67.2 Å². The van der Waals surface area contributed by atoms with Gasteiger partial charge < -0.3 is 4.90 Å². The molecule has 0 aromatic heterocycles. The van der Waals surface area contributed by atoms with Crippen LogP contribution in [0, 0.1) is 0 Å². The molecular formula is C9H13NO. The lowest BCUT2D eigenvalue weighted by Gasteiger charge is -2.10. The normalized spacial score (nSPS) is 20.8. The average Bonchev–Trinajstić information content (AvgIpc) is 2.37. The van der Waals surface area contributed by atoms with E-state index in [0.717, 1.165) is 25.1 Å². The number of carbonyl (C=O) groups excluding carboxylic acids is 1. The van der Waals surface area contributed by atoms with E-state index >= 15 is 0 Å². The van der Waals surface area contributed by atoms with Gasteiger partial charge in [0, 0.05) is 25.4 Å². The number of hydrogen-bond donors (Lipinski definition) is 0. The Balaban J connectivity index is 2.64. The summed E-state index contributed by atoms with van der Waals surface area (Å²) in [7, 11) is 2.01. The zero-order valence-corrected chi connectivity index (χ0v) is 6.84.